The highest BCUT2D eigenvalue weighted by atomic mass is 16.3. The number of hydrogen-bond acceptors (Lipinski definition) is 3. The van der Waals surface area contributed by atoms with Crippen LogP contribution in [0.4, 0.5) is 0 Å². The molecular formula is C16H21N3O2. The van der Waals surface area contributed by atoms with Crippen LogP contribution in [0.25, 0.3) is 10.9 Å². The highest BCUT2D eigenvalue weighted by Gasteiger charge is 2.23. The normalized spacial score (nSPS) is 22.3. The van der Waals surface area contributed by atoms with E-state index in [-0.39, 0.29) is 18.6 Å². The molecule has 0 bridgehead atoms. The number of nitrogens with zero attached hydrogens (tertiary/aromatic N) is 1. The molecule has 0 radical (unpaired) electrons. The second-order valence-electron chi connectivity index (χ2n) is 5.88. The molecule has 1 aliphatic carbocycles. The van der Waals surface area contributed by atoms with Gasteiger partial charge in [-0.1, -0.05) is 24.6 Å². The van der Waals surface area contributed by atoms with E-state index >= 15 is 0 Å². The van der Waals surface area contributed by atoms with Crippen molar-refractivity contribution in [3.63, 3.8) is 0 Å². The van der Waals surface area contributed by atoms with Crippen LogP contribution in [0.2, 0.25) is 0 Å². The number of hydrogen-bond donors (Lipinski definition) is 3. The SMILES string of the molecule is O=C(Cc1[nH]nc2ccccc12)N[C@@H]1CCC[C@@H](CO)C1. The van der Waals surface area contributed by atoms with Crippen LogP contribution < -0.4 is 5.32 Å². The van der Waals surface area contributed by atoms with Crippen LogP contribution in [-0.2, 0) is 11.2 Å². The van der Waals surface area contributed by atoms with Crippen molar-refractivity contribution in [1.29, 1.82) is 0 Å². The predicted octanol–water partition coefficient (Wildman–Crippen LogP) is 1.77. The van der Waals surface area contributed by atoms with Crippen LogP contribution in [0, 0.1) is 5.92 Å². The van der Waals surface area contributed by atoms with E-state index in [0.29, 0.717) is 12.3 Å². The summed E-state index contributed by atoms with van der Waals surface area (Å²) in [6.07, 6.45) is 4.34. The second kappa shape index (κ2) is 6.26. The molecular weight excluding hydrogens is 266 g/mol. The fourth-order valence-corrected chi connectivity index (χ4v) is 3.18. The minimum Gasteiger partial charge on any atom is -0.396 e. The molecule has 21 heavy (non-hydrogen) atoms. The molecule has 1 heterocycles. The topological polar surface area (TPSA) is 78.0 Å². The van der Waals surface area contributed by atoms with Crippen LogP contribution in [0.3, 0.4) is 0 Å². The standard InChI is InChI=1S/C16H21N3O2/c20-10-11-4-3-5-12(8-11)17-16(21)9-15-13-6-1-2-7-14(13)18-19-15/h1-2,6-7,11-12,20H,3-5,8-10H2,(H,17,21)(H,18,19)/t11-,12-/m1/s1. The molecule has 1 saturated carbocycles. The summed E-state index contributed by atoms with van der Waals surface area (Å²) in [5.74, 6) is 0.352. The third-order valence-corrected chi connectivity index (χ3v) is 4.28. The fraction of sp³-hybridized carbons (Fsp3) is 0.500. The minimum atomic E-state index is 0.0213. The Morgan fingerprint density at radius 1 is 1.38 bits per heavy atom. The summed E-state index contributed by atoms with van der Waals surface area (Å²) in [6.45, 7) is 0.220. The summed E-state index contributed by atoms with van der Waals surface area (Å²) in [6, 6.07) is 7.98. The molecule has 1 aromatic carbocycles. The number of aromatic nitrogens is 2. The quantitative estimate of drug-likeness (QED) is 0.802. The van der Waals surface area contributed by atoms with E-state index in [9.17, 15) is 9.90 Å². The van der Waals surface area contributed by atoms with Crippen molar-refractivity contribution in [2.24, 2.45) is 5.92 Å². The van der Waals surface area contributed by atoms with Gasteiger partial charge in [0.1, 0.15) is 0 Å². The molecule has 1 amide bonds. The van der Waals surface area contributed by atoms with Gasteiger partial charge in [-0.15, -0.1) is 0 Å². The number of nitrogens with one attached hydrogen (secondary N) is 2. The highest BCUT2D eigenvalue weighted by molar-refractivity contribution is 5.87. The Labute approximate surface area is 123 Å². The van der Waals surface area contributed by atoms with E-state index in [2.05, 4.69) is 15.5 Å². The van der Waals surface area contributed by atoms with Crippen LogP contribution in [0.5, 0.6) is 0 Å². The second-order valence-corrected chi connectivity index (χ2v) is 5.88. The van der Waals surface area contributed by atoms with Gasteiger partial charge in [0.15, 0.2) is 0 Å². The maximum absolute atomic E-state index is 12.2. The number of para-hydroxylation sites is 1. The first kappa shape index (κ1) is 14.1. The maximum atomic E-state index is 12.2. The Morgan fingerprint density at radius 3 is 3.10 bits per heavy atom. The largest absolute Gasteiger partial charge is 0.396 e. The van der Waals surface area contributed by atoms with Gasteiger partial charge in [-0.05, 0) is 31.2 Å². The molecule has 5 heteroatoms. The van der Waals surface area contributed by atoms with Crippen molar-refractivity contribution in [3.05, 3.63) is 30.0 Å². The molecule has 0 aliphatic heterocycles. The van der Waals surface area contributed by atoms with E-state index in [0.717, 1.165) is 42.3 Å². The molecule has 5 nitrogen and oxygen atoms in total. The van der Waals surface area contributed by atoms with Crippen molar-refractivity contribution < 1.29 is 9.90 Å². The van der Waals surface area contributed by atoms with Crippen LogP contribution in [0.15, 0.2) is 24.3 Å². The zero-order valence-corrected chi connectivity index (χ0v) is 12.0. The average Bonchev–Trinajstić information content (AvgIpc) is 2.91. The zero-order valence-electron chi connectivity index (χ0n) is 12.0. The van der Waals surface area contributed by atoms with Gasteiger partial charge < -0.3 is 10.4 Å². The number of benzene rings is 1. The molecule has 2 aromatic rings. The van der Waals surface area contributed by atoms with Gasteiger partial charge in [0, 0.05) is 18.0 Å². The smallest absolute Gasteiger partial charge is 0.226 e. The third-order valence-electron chi connectivity index (χ3n) is 4.28. The molecule has 1 aromatic heterocycles. The van der Waals surface area contributed by atoms with Crippen molar-refractivity contribution in [2.75, 3.05) is 6.61 Å². The maximum Gasteiger partial charge on any atom is 0.226 e. The monoisotopic (exact) mass is 287 g/mol. The number of H-pyrrole nitrogens is 1. The Hall–Kier alpha value is -1.88. The van der Waals surface area contributed by atoms with E-state index in [1.54, 1.807) is 0 Å². The lowest BCUT2D eigenvalue weighted by molar-refractivity contribution is -0.121. The van der Waals surface area contributed by atoms with Gasteiger partial charge in [0.25, 0.3) is 0 Å². The summed E-state index contributed by atoms with van der Waals surface area (Å²) >= 11 is 0. The van der Waals surface area contributed by atoms with E-state index in [1.807, 2.05) is 24.3 Å². The molecule has 0 saturated heterocycles. The number of aromatic amines is 1. The third kappa shape index (κ3) is 3.24. The van der Waals surface area contributed by atoms with Gasteiger partial charge in [-0.25, -0.2) is 0 Å². The average molecular weight is 287 g/mol. The lowest BCUT2D eigenvalue weighted by atomic mass is 9.86. The number of carbonyl (C=O) groups is 1. The lowest BCUT2D eigenvalue weighted by Gasteiger charge is -2.28. The summed E-state index contributed by atoms with van der Waals surface area (Å²) in [4.78, 5) is 12.2. The van der Waals surface area contributed by atoms with Crippen molar-refractivity contribution in [1.82, 2.24) is 15.5 Å². The van der Waals surface area contributed by atoms with Crippen LogP contribution >= 0.6 is 0 Å². The van der Waals surface area contributed by atoms with Gasteiger partial charge in [-0.2, -0.15) is 5.10 Å². The first-order valence-electron chi connectivity index (χ1n) is 7.58. The highest BCUT2D eigenvalue weighted by Crippen LogP contribution is 2.24. The van der Waals surface area contributed by atoms with Gasteiger partial charge >= 0.3 is 0 Å². The lowest BCUT2D eigenvalue weighted by Crippen LogP contribution is -2.39. The van der Waals surface area contributed by atoms with E-state index in [4.69, 9.17) is 0 Å². The molecule has 2 atom stereocenters. The summed E-state index contributed by atoms with van der Waals surface area (Å²) in [5, 5.41) is 20.5. The number of carbonyl (C=O) groups excluding carboxylic acids is 1. The number of rotatable bonds is 4. The number of fused-ring (bicyclic) bond motifs is 1. The van der Waals surface area contributed by atoms with Crippen LogP contribution in [-0.4, -0.2) is 33.9 Å². The summed E-state index contributed by atoms with van der Waals surface area (Å²) in [5.41, 5.74) is 1.75. The van der Waals surface area contributed by atoms with Gasteiger partial charge in [0.05, 0.1) is 17.6 Å². The van der Waals surface area contributed by atoms with Gasteiger partial charge in [0.2, 0.25) is 5.91 Å². The first-order valence-corrected chi connectivity index (χ1v) is 7.58. The number of aliphatic hydroxyl groups is 1. The van der Waals surface area contributed by atoms with Gasteiger partial charge in [-0.3, -0.25) is 9.89 Å². The van der Waals surface area contributed by atoms with Crippen molar-refractivity contribution in [2.45, 2.75) is 38.1 Å². The molecule has 0 unspecified atom stereocenters. The van der Waals surface area contributed by atoms with E-state index < -0.39 is 0 Å². The summed E-state index contributed by atoms with van der Waals surface area (Å²) < 4.78 is 0. The number of aliphatic hydroxyl groups excluding tert-OH is 1. The zero-order chi connectivity index (χ0) is 14.7. The Bertz CT molecular complexity index is 623. The molecule has 1 fully saturated rings. The van der Waals surface area contributed by atoms with Crippen LogP contribution in [0.1, 0.15) is 31.4 Å². The minimum absolute atomic E-state index is 0.0213. The van der Waals surface area contributed by atoms with Crippen molar-refractivity contribution >= 4 is 16.8 Å². The van der Waals surface area contributed by atoms with Crippen molar-refractivity contribution in [3.8, 4) is 0 Å². The number of amides is 1. The first-order chi connectivity index (χ1) is 10.3. The fourth-order valence-electron chi connectivity index (χ4n) is 3.18. The molecule has 112 valence electrons. The predicted molar refractivity (Wildman–Crippen MR) is 80.8 cm³/mol. The Morgan fingerprint density at radius 2 is 2.24 bits per heavy atom. The Balaban J connectivity index is 1.61. The molecule has 3 rings (SSSR count). The molecule has 0 spiro atoms. The summed E-state index contributed by atoms with van der Waals surface area (Å²) in [7, 11) is 0. The molecule has 1 aliphatic rings. The molecule has 3 N–H and O–H groups in total. The Kier molecular flexibility index (Phi) is 4.20. The van der Waals surface area contributed by atoms with E-state index in [1.165, 1.54) is 0 Å².